The number of carbonyl (C=O) groups is 1. The van der Waals surface area contributed by atoms with Crippen molar-refractivity contribution in [2.45, 2.75) is 11.8 Å². The molecular weight excluding hydrogens is 336 g/mol. The number of nitrogens with one attached hydrogen (secondary N) is 1. The molecule has 0 atom stereocenters. The molecule has 0 radical (unpaired) electrons. The number of hydrogen-bond donors (Lipinski definition) is 2. The van der Waals surface area contributed by atoms with Gasteiger partial charge in [-0.2, -0.15) is 4.31 Å². The number of benzene rings is 1. The lowest BCUT2D eigenvalue weighted by Crippen LogP contribution is -2.40. The Kier molecular flexibility index (Phi) is 4.35. The normalized spacial score (nSPS) is 16.9. The van der Waals surface area contributed by atoms with Gasteiger partial charge in [-0.3, -0.25) is 4.79 Å². The standard InChI is InChI=1S/C14H16N4O5S/c1-9(19)16-17-13-11-8-10(2-3-12(11)15-14(13)20)24(21,22)18-4-6-23-7-5-18/h2-3,8,15,20H,4-7H2,1H3. The molecule has 1 amide bonds. The first-order valence-electron chi connectivity index (χ1n) is 7.24. The number of H-pyrrole nitrogens is 1. The molecule has 1 fully saturated rings. The second-order valence-corrected chi connectivity index (χ2v) is 7.20. The van der Waals surface area contributed by atoms with E-state index in [2.05, 4.69) is 15.2 Å². The van der Waals surface area contributed by atoms with Gasteiger partial charge in [0, 0.05) is 25.4 Å². The van der Waals surface area contributed by atoms with Gasteiger partial charge in [0.15, 0.2) is 5.69 Å². The number of fused-ring (bicyclic) bond motifs is 1. The van der Waals surface area contributed by atoms with E-state index >= 15 is 0 Å². The molecule has 1 aliphatic heterocycles. The first-order valence-corrected chi connectivity index (χ1v) is 8.68. The van der Waals surface area contributed by atoms with E-state index in [0.717, 1.165) is 0 Å². The lowest BCUT2D eigenvalue weighted by molar-refractivity contribution is -0.116. The van der Waals surface area contributed by atoms with Crippen molar-refractivity contribution in [3.05, 3.63) is 18.2 Å². The van der Waals surface area contributed by atoms with Crippen LogP contribution < -0.4 is 0 Å². The number of amides is 1. The minimum Gasteiger partial charge on any atom is -0.493 e. The first kappa shape index (κ1) is 16.6. The van der Waals surface area contributed by atoms with Gasteiger partial charge in [0.05, 0.1) is 23.6 Å². The number of aromatic amines is 1. The fourth-order valence-corrected chi connectivity index (χ4v) is 3.90. The van der Waals surface area contributed by atoms with Gasteiger partial charge < -0.3 is 14.8 Å². The molecule has 2 aromatic rings. The Morgan fingerprint density at radius 3 is 2.71 bits per heavy atom. The predicted octanol–water partition coefficient (Wildman–Crippen LogP) is 1.52. The van der Waals surface area contributed by atoms with Gasteiger partial charge in [0.2, 0.25) is 15.9 Å². The van der Waals surface area contributed by atoms with Crippen LogP contribution in [0, 0.1) is 0 Å². The summed E-state index contributed by atoms with van der Waals surface area (Å²) in [5.41, 5.74) is 0.519. The van der Waals surface area contributed by atoms with Crippen LogP contribution in [-0.4, -0.2) is 55.0 Å². The zero-order valence-electron chi connectivity index (χ0n) is 12.9. The molecule has 1 aliphatic rings. The van der Waals surface area contributed by atoms with Crippen LogP contribution in [0.25, 0.3) is 10.9 Å². The third-order valence-electron chi connectivity index (χ3n) is 3.62. The van der Waals surface area contributed by atoms with Crippen LogP contribution in [0.4, 0.5) is 5.69 Å². The second kappa shape index (κ2) is 6.30. The molecule has 1 aromatic carbocycles. The number of aromatic nitrogens is 1. The van der Waals surface area contributed by atoms with Crippen molar-refractivity contribution < 1.29 is 23.1 Å². The fourth-order valence-electron chi connectivity index (χ4n) is 2.46. The van der Waals surface area contributed by atoms with E-state index in [-0.39, 0.29) is 29.6 Å². The number of azo groups is 1. The van der Waals surface area contributed by atoms with Crippen molar-refractivity contribution in [2.75, 3.05) is 26.3 Å². The summed E-state index contributed by atoms with van der Waals surface area (Å²) in [6, 6.07) is 4.40. The lowest BCUT2D eigenvalue weighted by Gasteiger charge is -2.26. The molecule has 0 bridgehead atoms. The Bertz CT molecular complexity index is 913. The zero-order valence-corrected chi connectivity index (χ0v) is 13.7. The van der Waals surface area contributed by atoms with Crippen LogP contribution in [0.5, 0.6) is 5.88 Å². The van der Waals surface area contributed by atoms with Crippen molar-refractivity contribution in [3.8, 4) is 5.88 Å². The van der Waals surface area contributed by atoms with Crippen LogP contribution in [0.15, 0.2) is 33.3 Å². The quantitative estimate of drug-likeness (QED) is 0.810. The van der Waals surface area contributed by atoms with Gasteiger partial charge in [0.25, 0.3) is 5.91 Å². The zero-order chi connectivity index (χ0) is 17.3. The van der Waals surface area contributed by atoms with E-state index < -0.39 is 15.9 Å². The summed E-state index contributed by atoms with van der Waals surface area (Å²) in [5, 5.41) is 17.3. The van der Waals surface area contributed by atoms with Crippen molar-refractivity contribution in [1.82, 2.24) is 9.29 Å². The van der Waals surface area contributed by atoms with Gasteiger partial charge in [-0.15, -0.1) is 10.2 Å². The summed E-state index contributed by atoms with van der Waals surface area (Å²) in [5.74, 6) is -0.809. The summed E-state index contributed by atoms with van der Waals surface area (Å²) < 4.78 is 31.9. The highest BCUT2D eigenvalue weighted by Crippen LogP contribution is 2.37. The Morgan fingerprint density at radius 1 is 1.33 bits per heavy atom. The van der Waals surface area contributed by atoms with E-state index in [0.29, 0.717) is 24.1 Å². The average molecular weight is 352 g/mol. The van der Waals surface area contributed by atoms with Crippen molar-refractivity contribution in [2.24, 2.45) is 10.2 Å². The molecule has 24 heavy (non-hydrogen) atoms. The molecule has 0 saturated carbocycles. The molecule has 3 rings (SSSR count). The molecule has 128 valence electrons. The molecule has 2 heterocycles. The first-order chi connectivity index (χ1) is 11.4. The molecule has 9 nitrogen and oxygen atoms in total. The Labute approximate surface area is 138 Å². The molecule has 2 N–H and O–H groups in total. The molecule has 1 aromatic heterocycles. The van der Waals surface area contributed by atoms with E-state index in [1.54, 1.807) is 0 Å². The third-order valence-corrected chi connectivity index (χ3v) is 5.52. The number of carbonyl (C=O) groups excluding carboxylic acids is 1. The average Bonchev–Trinajstić information content (AvgIpc) is 2.88. The van der Waals surface area contributed by atoms with E-state index in [1.807, 2.05) is 0 Å². The van der Waals surface area contributed by atoms with Gasteiger partial charge >= 0.3 is 0 Å². The lowest BCUT2D eigenvalue weighted by atomic mass is 10.2. The number of nitrogens with zero attached hydrogens (tertiary/aromatic N) is 3. The van der Waals surface area contributed by atoms with Crippen molar-refractivity contribution >= 4 is 32.5 Å². The maximum atomic E-state index is 12.7. The van der Waals surface area contributed by atoms with Crippen LogP contribution in [0.2, 0.25) is 0 Å². The number of morpholine rings is 1. The van der Waals surface area contributed by atoms with Crippen molar-refractivity contribution in [1.29, 1.82) is 0 Å². The molecule has 10 heteroatoms. The fraction of sp³-hybridized carbons (Fsp3) is 0.357. The predicted molar refractivity (Wildman–Crippen MR) is 84.7 cm³/mol. The topological polar surface area (TPSA) is 124 Å². The summed E-state index contributed by atoms with van der Waals surface area (Å²) in [6.45, 7) is 2.50. The van der Waals surface area contributed by atoms with Crippen LogP contribution >= 0.6 is 0 Å². The highest BCUT2D eigenvalue weighted by atomic mass is 32.2. The van der Waals surface area contributed by atoms with E-state index in [9.17, 15) is 18.3 Å². The maximum absolute atomic E-state index is 12.7. The van der Waals surface area contributed by atoms with Gasteiger partial charge in [0.1, 0.15) is 0 Å². The summed E-state index contributed by atoms with van der Waals surface area (Å²) in [6.07, 6.45) is 0. The van der Waals surface area contributed by atoms with Crippen molar-refractivity contribution in [3.63, 3.8) is 0 Å². The number of ether oxygens (including phenoxy) is 1. The highest BCUT2D eigenvalue weighted by Gasteiger charge is 2.27. The second-order valence-electron chi connectivity index (χ2n) is 5.27. The van der Waals surface area contributed by atoms with Gasteiger partial charge in [-0.05, 0) is 18.2 Å². The van der Waals surface area contributed by atoms with Gasteiger partial charge in [-0.1, -0.05) is 0 Å². The molecular formula is C14H16N4O5S. The van der Waals surface area contributed by atoms with E-state index in [4.69, 9.17) is 4.74 Å². The molecule has 0 aliphatic carbocycles. The van der Waals surface area contributed by atoms with E-state index in [1.165, 1.54) is 29.4 Å². The highest BCUT2D eigenvalue weighted by molar-refractivity contribution is 7.89. The third kappa shape index (κ3) is 3.03. The smallest absolute Gasteiger partial charge is 0.261 e. The maximum Gasteiger partial charge on any atom is 0.261 e. The van der Waals surface area contributed by atoms with Crippen LogP contribution in [0.3, 0.4) is 0 Å². The number of aromatic hydroxyl groups is 1. The number of sulfonamides is 1. The summed E-state index contributed by atoms with van der Waals surface area (Å²) in [7, 11) is -3.67. The minimum atomic E-state index is -3.67. The monoisotopic (exact) mass is 352 g/mol. The number of hydrogen-bond acceptors (Lipinski definition) is 6. The molecule has 0 spiro atoms. The van der Waals surface area contributed by atoms with Crippen LogP contribution in [0.1, 0.15) is 6.92 Å². The Hall–Kier alpha value is -2.30. The largest absolute Gasteiger partial charge is 0.493 e. The summed E-state index contributed by atoms with van der Waals surface area (Å²) in [4.78, 5) is 13.7. The molecule has 1 saturated heterocycles. The van der Waals surface area contributed by atoms with Gasteiger partial charge in [-0.25, -0.2) is 8.42 Å². The molecule has 0 unspecified atom stereocenters. The van der Waals surface area contributed by atoms with Crippen LogP contribution in [-0.2, 0) is 19.6 Å². The Balaban J connectivity index is 2.07. The SMILES string of the molecule is CC(=O)N=Nc1c(O)[nH]c2ccc(S(=O)(=O)N3CCOCC3)cc12. The number of rotatable bonds is 3. The Morgan fingerprint density at radius 2 is 2.04 bits per heavy atom. The minimum absolute atomic E-state index is 0.0271. The summed E-state index contributed by atoms with van der Waals surface area (Å²) >= 11 is 0.